The van der Waals surface area contributed by atoms with Gasteiger partial charge in [0, 0.05) is 0 Å². The number of imide groups is 1. The van der Waals surface area contributed by atoms with Gasteiger partial charge in [0.1, 0.15) is 0 Å². The number of carbonyl (C=O) groups is 2. The number of nitrogens with zero attached hydrogens (tertiary/aromatic N) is 1. The maximum absolute atomic E-state index is 12.3. The molecule has 1 aliphatic heterocycles. The van der Waals surface area contributed by atoms with Crippen LogP contribution < -0.4 is 0 Å². The molecule has 0 spiro atoms. The van der Waals surface area contributed by atoms with E-state index in [1.165, 1.54) is 0 Å². The quantitative estimate of drug-likeness (QED) is 0.251. The van der Waals surface area contributed by atoms with Crippen molar-refractivity contribution in [1.82, 2.24) is 4.90 Å². The van der Waals surface area contributed by atoms with Crippen molar-refractivity contribution < 1.29 is 58.8 Å². The number of aliphatic hydroxyl groups excluding tert-OH is 1. The van der Waals surface area contributed by atoms with Gasteiger partial charge in [0.25, 0.3) is 11.8 Å². The summed E-state index contributed by atoms with van der Waals surface area (Å²) in [6.45, 7) is 5.25. The fourth-order valence-corrected chi connectivity index (χ4v) is 2.43. The van der Waals surface area contributed by atoms with Crippen molar-refractivity contribution in [3.63, 3.8) is 0 Å². The van der Waals surface area contributed by atoms with Crippen LogP contribution in [0.15, 0.2) is 24.3 Å². The third-order valence-electron chi connectivity index (χ3n) is 3.27. The summed E-state index contributed by atoms with van der Waals surface area (Å²) in [5.74, 6) is -0.956. The van der Waals surface area contributed by atoms with E-state index in [-0.39, 0.29) is 83.5 Å². The fourth-order valence-electron chi connectivity index (χ4n) is 2.43. The summed E-state index contributed by atoms with van der Waals surface area (Å²) in [4.78, 5) is 25.5. The van der Waals surface area contributed by atoms with Crippen LogP contribution in [0, 0.1) is 50.0 Å². The van der Waals surface area contributed by atoms with E-state index >= 15 is 0 Å². The summed E-state index contributed by atoms with van der Waals surface area (Å²) in [5.41, 5.74) is -0.0218. The number of benzene rings is 1. The molecule has 0 radical (unpaired) electrons. The van der Waals surface area contributed by atoms with Gasteiger partial charge in [-0.15, -0.1) is 0 Å². The van der Waals surface area contributed by atoms with Crippen molar-refractivity contribution in [1.29, 1.82) is 0 Å². The van der Waals surface area contributed by atoms with E-state index in [0.29, 0.717) is 11.1 Å². The molecule has 1 aromatic carbocycles. The first kappa shape index (κ1) is 45.3. The Balaban J connectivity index is -0.0000001000. The van der Waals surface area contributed by atoms with Crippen LogP contribution in [0.3, 0.4) is 0 Å². The number of amides is 2. The second-order valence-electron chi connectivity index (χ2n) is 5.75. The van der Waals surface area contributed by atoms with Crippen LogP contribution in [0.1, 0.15) is 41.5 Å². The predicted octanol–water partition coefficient (Wildman–Crippen LogP) is 3.70. The maximum atomic E-state index is 12.3. The largest absolute Gasteiger partial charge is 3.00 e. The van der Waals surface area contributed by atoms with Crippen LogP contribution in [0.2, 0.25) is 0 Å². The van der Waals surface area contributed by atoms with Gasteiger partial charge in [-0.2, -0.15) is 0 Å². The van der Waals surface area contributed by atoms with Gasteiger partial charge in [0.2, 0.25) is 0 Å². The van der Waals surface area contributed by atoms with Gasteiger partial charge < -0.3 is 54.8 Å². The Kier molecular flexibility index (Phi) is 27.7. The summed E-state index contributed by atoms with van der Waals surface area (Å²) in [5, 5.41) is 19.1. The van der Waals surface area contributed by atoms with Crippen molar-refractivity contribution in [2.45, 2.75) is 33.1 Å². The molecule has 2 amide bonds. The number of fused-ring (bicyclic) bond motifs is 1. The first-order chi connectivity index (χ1) is 8.75. The van der Waals surface area contributed by atoms with Crippen LogP contribution in [0.5, 0.6) is 0 Å². The first-order valence-corrected chi connectivity index (χ1v) is 6.08. The van der Waals surface area contributed by atoms with Crippen LogP contribution in [0.25, 0.3) is 0 Å². The molecular formula is C20H35NO4Rh2. The number of hydrogen-bond donors (Lipinski definition) is 2. The van der Waals surface area contributed by atoms with E-state index in [1.54, 1.807) is 45.0 Å². The monoisotopic (exact) mass is 559 g/mol. The first-order valence-electron chi connectivity index (χ1n) is 6.08. The Bertz CT molecular complexity index is 508. The zero-order valence-corrected chi connectivity index (χ0v) is 21.1. The molecule has 0 saturated heterocycles. The van der Waals surface area contributed by atoms with Crippen LogP contribution in [0.4, 0.5) is 0 Å². The normalized spacial score (nSPS) is 12.0. The molecule has 7 heteroatoms. The minimum atomic E-state index is -1.78. The Hall–Kier alpha value is -0.473. The molecule has 162 valence electrons. The number of hydrogen-bond acceptors (Lipinski definition) is 4. The number of rotatable bonds is 2. The average molecular weight is 559 g/mol. The van der Waals surface area contributed by atoms with E-state index in [1.807, 2.05) is 0 Å². The van der Waals surface area contributed by atoms with Crippen LogP contribution in [-0.4, -0.2) is 39.3 Å². The molecule has 27 heavy (non-hydrogen) atoms. The van der Waals surface area contributed by atoms with E-state index in [2.05, 4.69) is 0 Å². The standard InChI is InChI=1S/C14H17NO4.6CH3.2Rh/c1-14(2,3)10(13(18)19)15-11(16)8-6-4-5-7-9(8)12(15)17;;;;;;;;/h4-7,10,13,18-19H,1-3H3;6*1H3;;/q;6*-1;2*+3. The zero-order chi connectivity index (χ0) is 14.4. The van der Waals surface area contributed by atoms with Gasteiger partial charge in [-0.25, -0.2) is 0 Å². The third kappa shape index (κ3) is 8.60. The zero-order valence-electron chi connectivity index (χ0n) is 17.8. The molecular weight excluding hydrogens is 524 g/mol. The van der Waals surface area contributed by atoms with Gasteiger partial charge in [-0.05, 0) is 17.5 Å². The molecule has 1 atom stereocenters. The molecule has 1 aromatic rings. The topological polar surface area (TPSA) is 77.8 Å². The van der Waals surface area contributed by atoms with Crippen LogP contribution >= 0.6 is 0 Å². The summed E-state index contributed by atoms with van der Waals surface area (Å²) in [6, 6.07) is 5.50. The van der Waals surface area contributed by atoms with Gasteiger partial charge in [0.15, 0.2) is 6.29 Å². The minimum absolute atomic E-state index is 0. The van der Waals surface area contributed by atoms with Crippen LogP contribution in [-0.2, 0) is 39.0 Å². The number of aliphatic hydroxyl groups is 2. The van der Waals surface area contributed by atoms with Gasteiger partial charge >= 0.3 is 39.0 Å². The molecule has 5 nitrogen and oxygen atoms in total. The smallest absolute Gasteiger partial charge is 0.366 e. The number of carbonyl (C=O) groups excluding carboxylic acids is 2. The summed E-state index contributed by atoms with van der Waals surface area (Å²) in [7, 11) is 0. The van der Waals surface area contributed by atoms with Crippen molar-refractivity contribution in [3.8, 4) is 0 Å². The molecule has 2 rings (SSSR count). The Labute approximate surface area is 193 Å². The van der Waals surface area contributed by atoms with Crippen molar-refractivity contribution >= 4 is 11.8 Å². The predicted molar refractivity (Wildman–Crippen MR) is 107 cm³/mol. The molecule has 0 aliphatic carbocycles. The SMILES string of the molecule is CC(C)(C)C(C(O)O)N1C(=O)c2ccccc2C1=O.[CH3-].[CH3-].[CH3-].[CH3-].[CH3-].[CH3-].[Rh+3].[Rh+3]. The maximum Gasteiger partial charge on any atom is 3.00 e. The molecule has 0 saturated carbocycles. The Morgan fingerprint density at radius 3 is 1.30 bits per heavy atom. The van der Waals surface area contributed by atoms with E-state index in [9.17, 15) is 19.8 Å². The Morgan fingerprint density at radius 2 is 1.07 bits per heavy atom. The summed E-state index contributed by atoms with van der Waals surface area (Å²) >= 11 is 0. The molecule has 2 N–H and O–H groups in total. The minimum Gasteiger partial charge on any atom is -0.366 e. The van der Waals surface area contributed by atoms with Gasteiger partial charge in [-0.3, -0.25) is 14.5 Å². The van der Waals surface area contributed by atoms with Crippen molar-refractivity contribution in [2.24, 2.45) is 5.41 Å². The molecule has 1 heterocycles. The molecule has 0 bridgehead atoms. The van der Waals surface area contributed by atoms with Gasteiger partial charge in [-0.1, -0.05) is 32.9 Å². The summed E-state index contributed by atoms with van der Waals surface area (Å²) in [6.07, 6.45) is -1.78. The molecule has 1 aliphatic rings. The second-order valence-corrected chi connectivity index (χ2v) is 5.75. The fraction of sp³-hybridized carbons (Fsp3) is 0.300. The van der Waals surface area contributed by atoms with Crippen molar-refractivity contribution in [2.75, 3.05) is 0 Å². The average Bonchev–Trinajstić information content (AvgIpc) is 2.53. The van der Waals surface area contributed by atoms with Crippen molar-refractivity contribution in [3.05, 3.63) is 80.0 Å². The van der Waals surface area contributed by atoms with E-state index in [0.717, 1.165) is 4.90 Å². The summed E-state index contributed by atoms with van der Waals surface area (Å²) < 4.78 is 0. The van der Waals surface area contributed by atoms with E-state index < -0.39 is 29.6 Å². The van der Waals surface area contributed by atoms with E-state index in [4.69, 9.17) is 0 Å². The molecule has 0 fully saturated rings. The molecule has 0 aromatic heterocycles. The second kappa shape index (κ2) is 16.5. The molecule has 1 unspecified atom stereocenters. The third-order valence-corrected chi connectivity index (χ3v) is 3.27. The Morgan fingerprint density at radius 1 is 0.778 bits per heavy atom. The van der Waals surface area contributed by atoms with Gasteiger partial charge in [0.05, 0.1) is 17.2 Å².